The number of benzene rings is 1. The molecule has 1 aromatic carbocycles. The van der Waals surface area contributed by atoms with Crippen molar-refractivity contribution in [3.8, 4) is 0 Å². The van der Waals surface area contributed by atoms with E-state index in [1.165, 1.54) is 18.4 Å². The summed E-state index contributed by atoms with van der Waals surface area (Å²) in [6, 6.07) is 9.28. The van der Waals surface area contributed by atoms with Crippen molar-refractivity contribution in [2.45, 2.75) is 56.5 Å². The van der Waals surface area contributed by atoms with Crippen molar-refractivity contribution < 1.29 is 9.59 Å². The fraction of sp³-hybridized carbons (Fsp3) is 0.619. The van der Waals surface area contributed by atoms with Gasteiger partial charge in [0.05, 0.1) is 0 Å². The molecule has 2 saturated heterocycles. The van der Waals surface area contributed by atoms with Gasteiger partial charge in [-0.15, -0.1) is 0 Å². The third-order valence-electron chi connectivity index (χ3n) is 6.73. The maximum Gasteiger partial charge on any atom is 0.226 e. The SMILES string of the molecule is O=C([C@@H]1C[C@@H]1c1ccc(Br)cc1)N1CC[C@@H]2[C@H](CCC(=O)N2C2CC2)C1. The number of hydrogen-bond donors (Lipinski definition) is 0. The highest BCUT2D eigenvalue weighted by Gasteiger charge is 2.49. The molecule has 26 heavy (non-hydrogen) atoms. The van der Waals surface area contributed by atoms with Crippen molar-refractivity contribution in [1.82, 2.24) is 9.80 Å². The molecule has 0 bridgehead atoms. The van der Waals surface area contributed by atoms with Gasteiger partial charge in [0, 0.05) is 42.0 Å². The normalized spacial score (nSPS) is 33.8. The lowest BCUT2D eigenvalue weighted by atomic mass is 9.83. The number of amides is 2. The standard InChI is InChI=1S/C21H25BrN2O2/c22-15-4-1-13(2-5-15)17-11-18(17)21(26)23-10-9-19-14(12-23)3-8-20(25)24(19)16-6-7-16/h1-2,4-5,14,16-19H,3,6-12H2/t14-,17-,18-,19-/m1/s1. The first-order valence-corrected chi connectivity index (χ1v) is 10.8. The van der Waals surface area contributed by atoms with Crippen molar-refractivity contribution in [3.05, 3.63) is 34.3 Å². The van der Waals surface area contributed by atoms with E-state index in [9.17, 15) is 9.59 Å². The van der Waals surface area contributed by atoms with Crippen molar-refractivity contribution in [2.75, 3.05) is 13.1 Å². The third kappa shape index (κ3) is 2.98. The molecule has 2 amide bonds. The van der Waals surface area contributed by atoms with Crippen LogP contribution < -0.4 is 0 Å². The summed E-state index contributed by atoms with van der Waals surface area (Å²) in [7, 11) is 0. The highest BCUT2D eigenvalue weighted by atomic mass is 79.9. The van der Waals surface area contributed by atoms with Gasteiger partial charge in [0.2, 0.25) is 11.8 Å². The summed E-state index contributed by atoms with van der Waals surface area (Å²) in [5.41, 5.74) is 1.28. The van der Waals surface area contributed by atoms with Gasteiger partial charge in [0.1, 0.15) is 0 Å². The van der Waals surface area contributed by atoms with Gasteiger partial charge < -0.3 is 9.80 Å². The Bertz CT molecular complexity index is 730. The molecule has 5 rings (SSSR count). The van der Waals surface area contributed by atoms with Crippen LogP contribution in [0, 0.1) is 11.8 Å². The zero-order chi connectivity index (χ0) is 17.8. The Balaban J connectivity index is 1.23. The molecule has 2 heterocycles. The molecule has 0 aromatic heterocycles. The first-order chi connectivity index (χ1) is 12.6. The quantitative estimate of drug-likeness (QED) is 0.755. The van der Waals surface area contributed by atoms with Crippen LogP contribution in [0.1, 0.15) is 50.0 Å². The summed E-state index contributed by atoms with van der Waals surface area (Å²) >= 11 is 3.47. The number of fused-ring (bicyclic) bond motifs is 1. The van der Waals surface area contributed by atoms with E-state index in [0.29, 0.717) is 42.2 Å². The molecule has 0 radical (unpaired) electrons. The van der Waals surface area contributed by atoms with E-state index in [0.717, 1.165) is 36.8 Å². The summed E-state index contributed by atoms with van der Waals surface area (Å²) in [5, 5.41) is 0. The zero-order valence-electron chi connectivity index (χ0n) is 14.9. The molecule has 0 unspecified atom stereocenters. The number of carbonyl (C=O) groups excluding carboxylic acids is 2. The number of halogens is 1. The van der Waals surface area contributed by atoms with Crippen LogP contribution >= 0.6 is 15.9 Å². The second-order valence-electron chi connectivity index (χ2n) is 8.47. The number of rotatable bonds is 3. The number of nitrogens with zero attached hydrogens (tertiary/aromatic N) is 2. The predicted octanol–water partition coefficient (Wildman–Crippen LogP) is 3.55. The van der Waals surface area contributed by atoms with E-state index >= 15 is 0 Å². The maximum absolute atomic E-state index is 13.0. The smallest absolute Gasteiger partial charge is 0.226 e. The first-order valence-electron chi connectivity index (χ1n) is 9.97. The van der Waals surface area contributed by atoms with E-state index in [2.05, 4.69) is 50.0 Å². The summed E-state index contributed by atoms with van der Waals surface area (Å²) in [6.07, 6.45) is 5.93. The van der Waals surface area contributed by atoms with Gasteiger partial charge in [-0.05, 0) is 61.6 Å². The Hall–Kier alpha value is -1.36. The van der Waals surface area contributed by atoms with Gasteiger partial charge in [-0.25, -0.2) is 0 Å². The highest BCUT2D eigenvalue weighted by molar-refractivity contribution is 9.10. The maximum atomic E-state index is 13.0. The molecule has 138 valence electrons. The van der Waals surface area contributed by atoms with Gasteiger partial charge in [-0.2, -0.15) is 0 Å². The summed E-state index contributed by atoms with van der Waals surface area (Å²) in [6.45, 7) is 1.67. The van der Waals surface area contributed by atoms with Gasteiger partial charge in [-0.3, -0.25) is 9.59 Å². The van der Waals surface area contributed by atoms with Gasteiger partial charge in [-0.1, -0.05) is 28.1 Å². The molecule has 4 nitrogen and oxygen atoms in total. The fourth-order valence-corrected chi connectivity index (χ4v) is 5.37. The Morgan fingerprint density at radius 2 is 1.85 bits per heavy atom. The lowest BCUT2D eigenvalue weighted by Crippen LogP contribution is -2.57. The Morgan fingerprint density at radius 1 is 1.08 bits per heavy atom. The molecule has 0 spiro atoms. The van der Waals surface area contributed by atoms with Crippen LogP contribution in [0.2, 0.25) is 0 Å². The lowest BCUT2D eigenvalue weighted by Gasteiger charge is -2.47. The minimum Gasteiger partial charge on any atom is -0.342 e. The molecule has 1 aromatic rings. The van der Waals surface area contributed by atoms with E-state index in [1.807, 2.05) is 0 Å². The third-order valence-corrected chi connectivity index (χ3v) is 7.25. The average Bonchev–Trinajstić information content (AvgIpc) is 3.54. The van der Waals surface area contributed by atoms with Crippen LogP contribution in [0.15, 0.2) is 28.7 Å². The van der Waals surface area contributed by atoms with E-state index in [-0.39, 0.29) is 5.92 Å². The topological polar surface area (TPSA) is 40.6 Å². The van der Waals surface area contributed by atoms with E-state index in [4.69, 9.17) is 0 Å². The molecule has 4 aliphatic rings. The minimum atomic E-state index is 0.164. The Labute approximate surface area is 163 Å². The van der Waals surface area contributed by atoms with Crippen LogP contribution in [-0.4, -0.2) is 46.8 Å². The van der Waals surface area contributed by atoms with Crippen LogP contribution in [0.5, 0.6) is 0 Å². The molecule has 2 saturated carbocycles. The molecule has 2 aliphatic carbocycles. The number of piperidine rings is 2. The summed E-state index contributed by atoms with van der Waals surface area (Å²) in [4.78, 5) is 29.6. The highest BCUT2D eigenvalue weighted by Crippen LogP contribution is 2.49. The van der Waals surface area contributed by atoms with Crippen LogP contribution in [0.4, 0.5) is 0 Å². The van der Waals surface area contributed by atoms with Crippen LogP contribution in [-0.2, 0) is 9.59 Å². The van der Waals surface area contributed by atoms with E-state index in [1.54, 1.807) is 0 Å². The summed E-state index contributed by atoms with van der Waals surface area (Å²) < 4.78 is 1.08. The van der Waals surface area contributed by atoms with Gasteiger partial charge in [0.15, 0.2) is 0 Å². The predicted molar refractivity (Wildman–Crippen MR) is 103 cm³/mol. The van der Waals surface area contributed by atoms with Crippen molar-refractivity contribution >= 4 is 27.7 Å². The minimum absolute atomic E-state index is 0.164. The largest absolute Gasteiger partial charge is 0.342 e. The van der Waals surface area contributed by atoms with Gasteiger partial charge in [0.25, 0.3) is 0 Å². The van der Waals surface area contributed by atoms with Crippen molar-refractivity contribution in [3.63, 3.8) is 0 Å². The summed E-state index contributed by atoms with van der Waals surface area (Å²) in [5.74, 6) is 1.73. The van der Waals surface area contributed by atoms with Crippen molar-refractivity contribution in [1.29, 1.82) is 0 Å². The van der Waals surface area contributed by atoms with Crippen LogP contribution in [0.3, 0.4) is 0 Å². The second-order valence-corrected chi connectivity index (χ2v) is 9.39. The monoisotopic (exact) mass is 416 g/mol. The Kier molecular flexibility index (Phi) is 4.11. The molecule has 4 fully saturated rings. The number of likely N-dealkylation sites (tertiary alicyclic amines) is 2. The molecular weight excluding hydrogens is 392 g/mol. The molecule has 4 atom stereocenters. The molecular formula is C21H25BrN2O2. The van der Waals surface area contributed by atoms with Gasteiger partial charge >= 0.3 is 0 Å². The number of hydrogen-bond acceptors (Lipinski definition) is 2. The van der Waals surface area contributed by atoms with Crippen LogP contribution in [0.25, 0.3) is 0 Å². The molecule has 2 aliphatic heterocycles. The lowest BCUT2D eigenvalue weighted by molar-refractivity contribution is -0.145. The zero-order valence-corrected chi connectivity index (χ0v) is 16.5. The fourth-order valence-electron chi connectivity index (χ4n) is 5.10. The molecule has 5 heteroatoms. The first kappa shape index (κ1) is 16.8. The van der Waals surface area contributed by atoms with Crippen molar-refractivity contribution in [2.24, 2.45) is 11.8 Å². The number of carbonyl (C=O) groups is 2. The molecule has 0 N–H and O–H groups in total. The Morgan fingerprint density at radius 3 is 2.58 bits per heavy atom. The second kappa shape index (κ2) is 6.36. The van der Waals surface area contributed by atoms with E-state index < -0.39 is 0 Å². The average molecular weight is 417 g/mol.